The maximum Gasteiger partial charge on any atom is 0.139 e. The summed E-state index contributed by atoms with van der Waals surface area (Å²) in [6.45, 7) is 2.91. The van der Waals surface area contributed by atoms with E-state index in [0.717, 1.165) is 23.6 Å². The molecule has 0 radical (unpaired) electrons. The molecule has 0 atom stereocenters. The van der Waals surface area contributed by atoms with Gasteiger partial charge >= 0.3 is 0 Å². The minimum atomic E-state index is 0.590. The second kappa shape index (κ2) is 6.29. The average molecular weight is 278 g/mol. The summed E-state index contributed by atoms with van der Waals surface area (Å²) >= 11 is 5.99. The van der Waals surface area contributed by atoms with E-state index < -0.39 is 0 Å². The number of rotatable bonds is 5. The molecule has 2 aromatic rings. The van der Waals surface area contributed by atoms with E-state index in [9.17, 15) is 0 Å². The summed E-state index contributed by atoms with van der Waals surface area (Å²) in [7, 11) is 1.60. The molecular formula is C14H16ClN3O. The van der Waals surface area contributed by atoms with Crippen LogP contribution in [0.15, 0.2) is 36.7 Å². The molecule has 0 saturated heterocycles. The Balaban J connectivity index is 2.18. The van der Waals surface area contributed by atoms with E-state index in [0.29, 0.717) is 10.8 Å². The van der Waals surface area contributed by atoms with Crippen molar-refractivity contribution in [2.45, 2.75) is 6.92 Å². The van der Waals surface area contributed by atoms with Gasteiger partial charge in [0.15, 0.2) is 0 Å². The number of pyridine rings is 1. The van der Waals surface area contributed by atoms with Crippen LogP contribution in [0.25, 0.3) is 0 Å². The van der Waals surface area contributed by atoms with E-state index in [1.165, 1.54) is 0 Å². The van der Waals surface area contributed by atoms with Crippen molar-refractivity contribution in [1.29, 1.82) is 0 Å². The minimum Gasteiger partial charge on any atom is -0.495 e. The Morgan fingerprint density at radius 1 is 1.16 bits per heavy atom. The Bertz CT molecular complexity index is 560. The van der Waals surface area contributed by atoms with Gasteiger partial charge < -0.3 is 15.4 Å². The number of hydrogen-bond acceptors (Lipinski definition) is 4. The molecule has 0 amide bonds. The van der Waals surface area contributed by atoms with Gasteiger partial charge in [0.25, 0.3) is 0 Å². The van der Waals surface area contributed by atoms with Crippen LogP contribution >= 0.6 is 11.6 Å². The average Bonchev–Trinajstić information content (AvgIpc) is 2.42. The molecule has 1 heterocycles. The molecule has 4 nitrogen and oxygen atoms in total. The molecular weight excluding hydrogens is 262 g/mol. The molecule has 0 bridgehead atoms. The molecule has 5 heteroatoms. The molecule has 100 valence electrons. The van der Waals surface area contributed by atoms with Gasteiger partial charge in [0, 0.05) is 18.3 Å². The molecule has 1 aromatic carbocycles. The summed E-state index contributed by atoms with van der Waals surface area (Å²) in [6, 6.07) is 7.54. The molecule has 0 unspecified atom stereocenters. The number of halogens is 1. The third-order valence-electron chi connectivity index (χ3n) is 2.56. The van der Waals surface area contributed by atoms with Crippen LogP contribution in [0.1, 0.15) is 6.92 Å². The highest BCUT2D eigenvalue weighted by Crippen LogP contribution is 2.29. The Morgan fingerprint density at radius 2 is 1.95 bits per heavy atom. The van der Waals surface area contributed by atoms with Crippen LogP contribution in [-0.2, 0) is 0 Å². The van der Waals surface area contributed by atoms with Crippen LogP contribution in [0.4, 0.5) is 17.1 Å². The van der Waals surface area contributed by atoms with Crippen molar-refractivity contribution in [2.75, 3.05) is 24.3 Å². The fourth-order valence-electron chi connectivity index (χ4n) is 1.71. The zero-order valence-corrected chi connectivity index (χ0v) is 11.7. The Kier molecular flexibility index (Phi) is 4.47. The van der Waals surface area contributed by atoms with Gasteiger partial charge in [-0.05, 0) is 25.1 Å². The fraction of sp³-hybridized carbons (Fsp3) is 0.214. The number of nitrogens with one attached hydrogen (secondary N) is 2. The maximum atomic E-state index is 5.99. The van der Waals surface area contributed by atoms with Gasteiger partial charge in [-0.2, -0.15) is 0 Å². The number of benzene rings is 1. The van der Waals surface area contributed by atoms with E-state index in [-0.39, 0.29) is 0 Å². The number of hydrogen-bond donors (Lipinski definition) is 2. The summed E-state index contributed by atoms with van der Waals surface area (Å²) in [5.41, 5.74) is 2.79. The predicted octanol–water partition coefficient (Wildman–Crippen LogP) is 3.92. The lowest BCUT2D eigenvalue weighted by molar-refractivity contribution is 0.415. The Morgan fingerprint density at radius 3 is 2.68 bits per heavy atom. The molecule has 0 fully saturated rings. The second-order valence-corrected chi connectivity index (χ2v) is 4.37. The quantitative estimate of drug-likeness (QED) is 0.870. The van der Waals surface area contributed by atoms with Crippen LogP contribution in [0.5, 0.6) is 5.75 Å². The van der Waals surface area contributed by atoms with Gasteiger partial charge in [-0.1, -0.05) is 11.6 Å². The molecule has 0 aliphatic carbocycles. The lowest BCUT2D eigenvalue weighted by atomic mass is 10.2. The van der Waals surface area contributed by atoms with Gasteiger partial charge in [0.05, 0.1) is 35.9 Å². The molecule has 0 aliphatic rings. The number of nitrogens with zero attached hydrogens (tertiary/aromatic N) is 1. The van der Waals surface area contributed by atoms with Gasteiger partial charge in [0.2, 0.25) is 0 Å². The minimum absolute atomic E-state index is 0.590. The predicted molar refractivity (Wildman–Crippen MR) is 79.7 cm³/mol. The largest absolute Gasteiger partial charge is 0.495 e. The highest BCUT2D eigenvalue weighted by Gasteiger charge is 2.03. The molecule has 2 rings (SSSR count). The molecule has 0 aliphatic heterocycles. The van der Waals surface area contributed by atoms with Gasteiger partial charge in [-0.25, -0.2) is 0 Å². The number of methoxy groups -OCH3 is 1. The smallest absolute Gasteiger partial charge is 0.139 e. The Hall–Kier alpha value is -1.94. The monoisotopic (exact) mass is 277 g/mol. The van der Waals surface area contributed by atoms with E-state index >= 15 is 0 Å². The second-order valence-electron chi connectivity index (χ2n) is 3.97. The SMILES string of the molecule is CCNc1cncc(Nc2ccc(Cl)c(OC)c2)c1. The summed E-state index contributed by atoms with van der Waals surface area (Å²) in [6.07, 6.45) is 3.55. The third kappa shape index (κ3) is 3.51. The van der Waals surface area contributed by atoms with E-state index in [1.54, 1.807) is 25.6 Å². The number of anilines is 3. The van der Waals surface area contributed by atoms with E-state index in [1.807, 2.05) is 25.1 Å². The first kappa shape index (κ1) is 13.5. The zero-order chi connectivity index (χ0) is 13.7. The highest BCUT2D eigenvalue weighted by molar-refractivity contribution is 6.32. The van der Waals surface area contributed by atoms with Crippen LogP contribution in [0.2, 0.25) is 5.02 Å². The van der Waals surface area contributed by atoms with Gasteiger partial charge in [-0.15, -0.1) is 0 Å². The van der Waals surface area contributed by atoms with Crippen molar-refractivity contribution < 1.29 is 4.74 Å². The summed E-state index contributed by atoms with van der Waals surface area (Å²) in [5, 5.41) is 7.07. The number of ether oxygens (including phenoxy) is 1. The standard InChI is InChI=1S/C14H16ClN3O/c1-3-17-11-6-12(9-16-8-11)18-10-4-5-13(15)14(7-10)19-2/h4-9,17-18H,3H2,1-2H3. The third-order valence-corrected chi connectivity index (χ3v) is 2.87. The van der Waals surface area contributed by atoms with Crippen molar-refractivity contribution in [2.24, 2.45) is 0 Å². The van der Waals surface area contributed by atoms with Crippen LogP contribution in [-0.4, -0.2) is 18.6 Å². The molecule has 1 aromatic heterocycles. The molecule has 0 saturated carbocycles. The maximum absolute atomic E-state index is 5.99. The van der Waals surface area contributed by atoms with Crippen molar-refractivity contribution in [3.63, 3.8) is 0 Å². The van der Waals surface area contributed by atoms with Crippen LogP contribution in [0, 0.1) is 0 Å². The van der Waals surface area contributed by atoms with E-state index in [2.05, 4.69) is 15.6 Å². The number of aromatic nitrogens is 1. The summed E-state index contributed by atoms with van der Waals surface area (Å²) in [4.78, 5) is 4.18. The Labute approximate surface area is 117 Å². The molecule has 0 spiro atoms. The topological polar surface area (TPSA) is 46.2 Å². The first-order valence-corrected chi connectivity index (χ1v) is 6.40. The van der Waals surface area contributed by atoms with Gasteiger partial charge in [-0.3, -0.25) is 4.98 Å². The van der Waals surface area contributed by atoms with Crippen molar-refractivity contribution >= 4 is 28.7 Å². The fourth-order valence-corrected chi connectivity index (χ4v) is 1.91. The summed E-state index contributed by atoms with van der Waals surface area (Å²) in [5.74, 6) is 0.641. The normalized spacial score (nSPS) is 10.1. The van der Waals surface area contributed by atoms with E-state index in [4.69, 9.17) is 16.3 Å². The van der Waals surface area contributed by atoms with Crippen molar-refractivity contribution in [3.05, 3.63) is 41.7 Å². The van der Waals surface area contributed by atoms with Crippen molar-refractivity contribution in [3.8, 4) is 5.75 Å². The lowest BCUT2D eigenvalue weighted by Crippen LogP contribution is -1.98. The van der Waals surface area contributed by atoms with Gasteiger partial charge in [0.1, 0.15) is 5.75 Å². The molecule has 2 N–H and O–H groups in total. The summed E-state index contributed by atoms with van der Waals surface area (Å²) < 4.78 is 5.19. The van der Waals surface area contributed by atoms with Crippen LogP contribution < -0.4 is 15.4 Å². The highest BCUT2D eigenvalue weighted by atomic mass is 35.5. The van der Waals surface area contributed by atoms with Crippen molar-refractivity contribution in [1.82, 2.24) is 4.98 Å². The molecule has 19 heavy (non-hydrogen) atoms. The first-order valence-electron chi connectivity index (χ1n) is 6.02. The first-order chi connectivity index (χ1) is 9.22. The van der Waals surface area contributed by atoms with Crippen LogP contribution in [0.3, 0.4) is 0 Å². The lowest BCUT2D eigenvalue weighted by Gasteiger charge is -2.10. The zero-order valence-electron chi connectivity index (χ0n) is 10.9.